The zero-order valence-corrected chi connectivity index (χ0v) is 16.9. The molecular formula is C20H16F3N3O4S. The number of hydrogen-bond acceptors (Lipinski definition) is 5. The molecule has 162 valence electrons. The van der Waals surface area contributed by atoms with E-state index < -0.39 is 33.0 Å². The third-order valence-corrected chi connectivity index (χ3v) is 6.26. The van der Waals surface area contributed by atoms with Crippen LogP contribution in [-0.2, 0) is 27.5 Å². The monoisotopic (exact) mass is 451 g/mol. The lowest BCUT2D eigenvalue weighted by atomic mass is 10.1. The van der Waals surface area contributed by atoms with Crippen molar-refractivity contribution in [1.82, 2.24) is 9.78 Å². The average Bonchev–Trinajstić information content (AvgIpc) is 3.19. The van der Waals surface area contributed by atoms with Crippen molar-refractivity contribution in [2.24, 2.45) is 0 Å². The van der Waals surface area contributed by atoms with Gasteiger partial charge in [0.05, 0.1) is 41.1 Å². The van der Waals surface area contributed by atoms with Gasteiger partial charge in [-0.15, -0.1) is 0 Å². The number of benzene rings is 2. The summed E-state index contributed by atoms with van der Waals surface area (Å²) >= 11 is 0. The van der Waals surface area contributed by atoms with Crippen LogP contribution in [0.25, 0.3) is 5.69 Å². The Kier molecular flexibility index (Phi) is 5.00. The number of aromatic nitrogens is 2. The van der Waals surface area contributed by atoms with E-state index in [1.165, 1.54) is 23.9 Å². The molecule has 11 heteroatoms. The Labute approximate surface area is 175 Å². The van der Waals surface area contributed by atoms with Gasteiger partial charge in [-0.05, 0) is 36.4 Å². The number of alkyl halides is 3. The number of nitrogens with one attached hydrogen (secondary N) is 1. The van der Waals surface area contributed by atoms with E-state index >= 15 is 0 Å². The summed E-state index contributed by atoms with van der Waals surface area (Å²) in [7, 11) is -1.96. The minimum Gasteiger partial charge on any atom is -0.497 e. The van der Waals surface area contributed by atoms with Gasteiger partial charge in [0.15, 0.2) is 9.84 Å². The summed E-state index contributed by atoms with van der Waals surface area (Å²) in [5.41, 5.74) is -0.685. The van der Waals surface area contributed by atoms with E-state index in [0.717, 1.165) is 12.1 Å². The Morgan fingerprint density at radius 3 is 2.42 bits per heavy atom. The fourth-order valence-corrected chi connectivity index (χ4v) is 4.88. The molecule has 2 aromatic carbocycles. The summed E-state index contributed by atoms with van der Waals surface area (Å²) < 4.78 is 70.5. The second-order valence-corrected chi connectivity index (χ2v) is 8.98. The summed E-state index contributed by atoms with van der Waals surface area (Å²) in [6.07, 6.45) is -4.73. The molecule has 0 saturated heterocycles. The number of hydrogen-bond donors (Lipinski definition) is 1. The molecule has 0 saturated carbocycles. The van der Waals surface area contributed by atoms with Gasteiger partial charge in [-0.1, -0.05) is 12.1 Å². The summed E-state index contributed by atoms with van der Waals surface area (Å²) in [5.74, 6) is -1.11. The van der Waals surface area contributed by atoms with E-state index in [1.54, 1.807) is 24.3 Å². The molecular weight excluding hydrogens is 435 g/mol. The van der Waals surface area contributed by atoms with Gasteiger partial charge in [0.2, 0.25) is 0 Å². The van der Waals surface area contributed by atoms with Crippen LogP contribution in [0, 0.1) is 0 Å². The third kappa shape index (κ3) is 4.00. The van der Waals surface area contributed by atoms with Crippen molar-refractivity contribution in [2.75, 3.05) is 12.4 Å². The molecule has 7 nitrogen and oxygen atoms in total. The lowest BCUT2D eigenvalue weighted by Crippen LogP contribution is -2.21. The Morgan fingerprint density at radius 2 is 1.77 bits per heavy atom. The normalized spacial score (nSPS) is 14.8. The first-order valence-electron chi connectivity index (χ1n) is 9.02. The maximum atomic E-state index is 13.3. The van der Waals surface area contributed by atoms with Crippen molar-refractivity contribution in [2.45, 2.75) is 17.7 Å². The number of anilines is 1. The summed E-state index contributed by atoms with van der Waals surface area (Å²) in [6, 6.07) is 10.9. The van der Waals surface area contributed by atoms with Crippen molar-refractivity contribution in [3.8, 4) is 11.4 Å². The lowest BCUT2D eigenvalue weighted by Gasteiger charge is -2.14. The molecule has 0 radical (unpaired) electrons. The highest BCUT2D eigenvalue weighted by Crippen LogP contribution is 2.35. The molecule has 0 atom stereocenters. The molecule has 1 amide bonds. The first-order valence-corrected chi connectivity index (χ1v) is 10.8. The molecule has 0 bridgehead atoms. The van der Waals surface area contributed by atoms with Crippen molar-refractivity contribution < 1.29 is 31.1 Å². The van der Waals surface area contributed by atoms with Gasteiger partial charge in [0.1, 0.15) is 11.6 Å². The van der Waals surface area contributed by atoms with Gasteiger partial charge < -0.3 is 10.1 Å². The van der Waals surface area contributed by atoms with Crippen LogP contribution < -0.4 is 10.1 Å². The molecule has 1 N–H and O–H groups in total. The molecule has 1 aromatic heterocycles. The van der Waals surface area contributed by atoms with Crippen molar-refractivity contribution in [1.29, 1.82) is 0 Å². The first-order chi connectivity index (χ1) is 14.6. The quantitative estimate of drug-likeness (QED) is 0.655. The topological polar surface area (TPSA) is 90.3 Å². The fraction of sp³-hybridized carbons (Fsp3) is 0.200. The fourth-order valence-electron chi connectivity index (χ4n) is 3.38. The number of halogens is 3. The first kappa shape index (κ1) is 20.9. The molecule has 0 aliphatic carbocycles. The number of fused-ring (bicyclic) bond motifs is 1. The minimum atomic E-state index is -4.73. The van der Waals surface area contributed by atoms with E-state index in [0.29, 0.717) is 11.4 Å². The number of nitrogens with zero attached hydrogens (tertiary/aromatic N) is 2. The highest BCUT2D eigenvalue weighted by molar-refractivity contribution is 7.90. The van der Waals surface area contributed by atoms with Crippen LogP contribution in [0.15, 0.2) is 48.5 Å². The number of amides is 1. The Bertz CT molecular complexity index is 1270. The molecule has 2 heterocycles. The van der Waals surface area contributed by atoms with Gasteiger partial charge in [-0.25, -0.2) is 13.1 Å². The van der Waals surface area contributed by atoms with Gasteiger partial charge >= 0.3 is 6.18 Å². The number of rotatable bonds is 4. The van der Waals surface area contributed by atoms with Crippen LogP contribution in [0.2, 0.25) is 0 Å². The van der Waals surface area contributed by atoms with Crippen LogP contribution in [0.4, 0.5) is 19.0 Å². The molecule has 1 aliphatic heterocycles. The van der Waals surface area contributed by atoms with E-state index in [4.69, 9.17) is 4.74 Å². The molecule has 0 unspecified atom stereocenters. The maximum Gasteiger partial charge on any atom is 0.417 e. The van der Waals surface area contributed by atoms with Crippen LogP contribution in [-0.4, -0.2) is 31.2 Å². The van der Waals surface area contributed by atoms with Crippen molar-refractivity contribution in [3.05, 3.63) is 70.9 Å². The van der Waals surface area contributed by atoms with Gasteiger partial charge in [0.25, 0.3) is 5.91 Å². The van der Waals surface area contributed by atoms with Gasteiger partial charge in [-0.3, -0.25) is 4.79 Å². The molecule has 0 spiro atoms. The van der Waals surface area contributed by atoms with E-state index in [9.17, 15) is 26.4 Å². The molecule has 3 aromatic rings. The molecule has 4 rings (SSSR count). The second-order valence-electron chi connectivity index (χ2n) is 6.91. The lowest BCUT2D eigenvalue weighted by molar-refractivity contribution is -0.137. The number of carbonyl (C=O) groups is 1. The predicted octanol–water partition coefficient (Wildman–Crippen LogP) is 3.58. The van der Waals surface area contributed by atoms with Crippen LogP contribution in [0.1, 0.15) is 27.2 Å². The highest BCUT2D eigenvalue weighted by atomic mass is 32.2. The third-order valence-electron chi connectivity index (χ3n) is 4.81. The zero-order chi connectivity index (χ0) is 22.4. The van der Waals surface area contributed by atoms with E-state index in [2.05, 4.69) is 10.4 Å². The zero-order valence-electron chi connectivity index (χ0n) is 16.1. The van der Waals surface area contributed by atoms with Crippen LogP contribution in [0.5, 0.6) is 5.75 Å². The highest BCUT2D eigenvalue weighted by Gasteiger charge is 2.37. The van der Waals surface area contributed by atoms with E-state index in [1.807, 2.05) is 0 Å². The molecule has 31 heavy (non-hydrogen) atoms. The summed E-state index contributed by atoms with van der Waals surface area (Å²) in [6.45, 7) is 0. The standard InChI is InChI=1S/C20H16F3N3O4S/c1-30-13-8-6-12(7-9-13)26-18(15-10-31(28,29)11-17(15)25-26)24-19(27)14-4-2-3-5-16(14)20(21,22)23/h2-9H,10-11H2,1H3,(H,24,27). The predicted molar refractivity (Wildman–Crippen MR) is 106 cm³/mol. The number of ether oxygens (including phenoxy) is 1. The summed E-state index contributed by atoms with van der Waals surface area (Å²) in [5, 5.41) is 6.74. The van der Waals surface area contributed by atoms with Gasteiger partial charge in [-0.2, -0.15) is 18.3 Å². The number of sulfone groups is 1. The number of methoxy groups -OCH3 is 1. The van der Waals surface area contributed by atoms with E-state index in [-0.39, 0.29) is 28.6 Å². The van der Waals surface area contributed by atoms with Crippen LogP contribution in [0.3, 0.4) is 0 Å². The summed E-state index contributed by atoms with van der Waals surface area (Å²) in [4.78, 5) is 12.8. The maximum absolute atomic E-state index is 13.3. The minimum absolute atomic E-state index is 0.0169. The van der Waals surface area contributed by atoms with Gasteiger partial charge in [0, 0.05) is 5.56 Å². The van der Waals surface area contributed by atoms with Crippen molar-refractivity contribution in [3.63, 3.8) is 0 Å². The Balaban J connectivity index is 1.78. The Hall–Kier alpha value is -3.34. The van der Waals surface area contributed by atoms with Crippen molar-refractivity contribution >= 4 is 21.6 Å². The second kappa shape index (κ2) is 7.41. The molecule has 0 fully saturated rings. The number of carbonyl (C=O) groups excluding carboxylic acids is 1. The smallest absolute Gasteiger partial charge is 0.417 e. The SMILES string of the molecule is COc1ccc(-n2nc3c(c2NC(=O)c2ccccc2C(F)(F)F)CS(=O)(=O)C3)cc1. The van der Waals surface area contributed by atoms with Crippen LogP contribution >= 0.6 is 0 Å². The average molecular weight is 451 g/mol. The molecule has 1 aliphatic rings. The Morgan fingerprint density at radius 1 is 1.10 bits per heavy atom. The largest absolute Gasteiger partial charge is 0.497 e.